The standard InChI is InChI=1S/C13H18N2O3/c1-8-7-10(16)15(9-5-3-2-4-6-9)13(18)11(8)12(14)17/h7,9,16H,2-6H2,1H3,(H2,14,17). The van der Waals surface area contributed by atoms with Gasteiger partial charge in [0, 0.05) is 12.1 Å². The Balaban J connectivity index is 2.56. The molecule has 18 heavy (non-hydrogen) atoms. The largest absolute Gasteiger partial charge is 0.494 e. The van der Waals surface area contributed by atoms with Gasteiger partial charge in [-0.25, -0.2) is 0 Å². The van der Waals surface area contributed by atoms with E-state index in [9.17, 15) is 14.7 Å². The SMILES string of the molecule is Cc1cc(O)n(C2CCCCC2)c(=O)c1C(N)=O. The number of primary amides is 1. The number of nitrogens with zero attached hydrogens (tertiary/aromatic N) is 1. The fraction of sp³-hybridized carbons (Fsp3) is 0.538. The average molecular weight is 250 g/mol. The molecule has 98 valence electrons. The second-order valence-electron chi connectivity index (χ2n) is 4.89. The second kappa shape index (κ2) is 4.84. The zero-order chi connectivity index (χ0) is 13.3. The van der Waals surface area contributed by atoms with Crippen molar-refractivity contribution in [1.82, 2.24) is 4.57 Å². The molecule has 0 aromatic carbocycles. The predicted octanol–water partition coefficient (Wildman–Crippen LogP) is 1.47. The van der Waals surface area contributed by atoms with Gasteiger partial charge in [-0.15, -0.1) is 0 Å². The molecule has 1 aromatic rings. The second-order valence-corrected chi connectivity index (χ2v) is 4.89. The fourth-order valence-electron chi connectivity index (χ4n) is 2.72. The first-order valence-corrected chi connectivity index (χ1v) is 6.27. The number of pyridine rings is 1. The van der Waals surface area contributed by atoms with Gasteiger partial charge in [0.05, 0.1) is 0 Å². The van der Waals surface area contributed by atoms with E-state index in [-0.39, 0.29) is 17.5 Å². The van der Waals surface area contributed by atoms with Crippen molar-refractivity contribution in [3.05, 3.63) is 27.5 Å². The molecule has 1 amide bonds. The first kappa shape index (κ1) is 12.7. The number of rotatable bonds is 2. The third-order valence-electron chi connectivity index (χ3n) is 3.61. The molecule has 0 atom stereocenters. The van der Waals surface area contributed by atoms with Crippen molar-refractivity contribution in [2.75, 3.05) is 0 Å². The summed E-state index contributed by atoms with van der Waals surface area (Å²) in [6, 6.07) is 1.42. The van der Waals surface area contributed by atoms with E-state index in [1.54, 1.807) is 6.92 Å². The molecule has 5 heteroatoms. The van der Waals surface area contributed by atoms with Crippen LogP contribution in [0.15, 0.2) is 10.9 Å². The fourth-order valence-corrected chi connectivity index (χ4v) is 2.72. The van der Waals surface area contributed by atoms with Gasteiger partial charge in [0.1, 0.15) is 5.56 Å². The smallest absolute Gasteiger partial charge is 0.266 e. The van der Waals surface area contributed by atoms with Crippen molar-refractivity contribution < 1.29 is 9.90 Å². The molecule has 1 fully saturated rings. The van der Waals surface area contributed by atoms with Gasteiger partial charge in [-0.2, -0.15) is 0 Å². The summed E-state index contributed by atoms with van der Waals surface area (Å²) in [5.41, 5.74) is 5.18. The zero-order valence-electron chi connectivity index (χ0n) is 10.5. The first-order valence-electron chi connectivity index (χ1n) is 6.27. The molecule has 1 aliphatic rings. The van der Waals surface area contributed by atoms with Gasteiger partial charge >= 0.3 is 0 Å². The number of amides is 1. The lowest BCUT2D eigenvalue weighted by Crippen LogP contribution is -2.33. The minimum absolute atomic E-state index is 0.0154. The van der Waals surface area contributed by atoms with Gasteiger partial charge in [0.15, 0.2) is 5.88 Å². The van der Waals surface area contributed by atoms with E-state index in [2.05, 4.69) is 0 Å². The first-order chi connectivity index (χ1) is 8.52. The number of aryl methyl sites for hydroxylation is 1. The van der Waals surface area contributed by atoms with Crippen LogP contribution in [0.25, 0.3) is 0 Å². The molecule has 1 aliphatic carbocycles. The lowest BCUT2D eigenvalue weighted by molar-refractivity contribution is 0.0997. The van der Waals surface area contributed by atoms with Crippen LogP contribution in [0, 0.1) is 6.92 Å². The average Bonchev–Trinajstić information content (AvgIpc) is 2.28. The van der Waals surface area contributed by atoms with E-state index < -0.39 is 11.5 Å². The van der Waals surface area contributed by atoms with Crippen LogP contribution in [0.1, 0.15) is 54.1 Å². The molecule has 2 rings (SSSR count). The van der Waals surface area contributed by atoms with Crippen molar-refractivity contribution in [3.63, 3.8) is 0 Å². The van der Waals surface area contributed by atoms with Crippen molar-refractivity contribution in [2.45, 2.75) is 45.1 Å². The Morgan fingerprint density at radius 1 is 1.39 bits per heavy atom. The van der Waals surface area contributed by atoms with E-state index in [0.29, 0.717) is 5.56 Å². The summed E-state index contributed by atoms with van der Waals surface area (Å²) >= 11 is 0. The van der Waals surface area contributed by atoms with Crippen molar-refractivity contribution in [3.8, 4) is 5.88 Å². The lowest BCUT2D eigenvalue weighted by atomic mass is 9.94. The molecule has 0 spiro atoms. The van der Waals surface area contributed by atoms with Crippen LogP contribution < -0.4 is 11.3 Å². The summed E-state index contributed by atoms with van der Waals surface area (Å²) in [6.07, 6.45) is 4.94. The molecule has 0 saturated heterocycles. The Kier molecular flexibility index (Phi) is 3.41. The van der Waals surface area contributed by atoms with E-state index in [1.807, 2.05) is 0 Å². The van der Waals surface area contributed by atoms with E-state index in [1.165, 1.54) is 10.6 Å². The molecule has 1 saturated carbocycles. The Bertz CT molecular complexity index is 528. The van der Waals surface area contributed by atoms with E-state index in [0.717, 1.165) is 32.1 Å². The number of carbonyl (C=O) groups excluding carboxylic acids is 1. The highest BCUT2D eigenvalue weighted by Crippen LogP contribution is 2.30. The molecule has 0 unspecified atom stereocenters. The lowest BCUT2D eigenvalue weighted by Gasteiger charge is -2.25. The van der Waals surface area contributed by atoms with Crippen molar-refractivity contribution >= 4 is 5.91 Å². The maximum atomic E-state index is 12.3. The van der Waals surface area contributed by atoms with Gasteiger partial charge in [0.2, 0.25) is 0 Å². The van der Waals surface area contributed by atoms with Gasteiger partial charge in [-0.1, -0.05) is 19.3 Å². The summed E-state index contributed by atoms with van der Waals surface area (Å²) in [4.78, 5) is 23.6. The third kappa shape index (κ3) is 2.12. The monoisotopic (exact) mass is 250 g/mol. The highest BCUT2D eigenvalue weighted by atomic mass is 16.3. The van der Waals surface area contributed by atoms with Crippen molar-refractivity contribution in [2.24, 2.45) is 5.73 Å². The predicted molar refractivity (Wildman–Crippen MR) is 67.7 cm³/mol. The Hall–Kier alpha value is -1.78. The highest BCUT2D eigenvalue weighted by Gasteiger charge is 2.23. The summed E-state index contributed by atoms with van der Waals surface area (Å²) < 4.78 is 1.33. The molecule has 0 aliphatic heterocycles. The number of hydrogen-bond acceptors (Lipinski definition) is 3. The number of aromatic nitrogens is 1. The van der Waals surface area contributed by atoms with Crippen LogP contribution >= 0.6 is 0 Å². The van der Waals surface area contributed by atoms with Crippen LogP contribution in [0.5, 0.6) is 5.88 Å². The van der Waals surface area contributed by atoms with Gasteiger partial charge in [-0.05, 0) is 25.3 Å². The van der Waals surface area contributed by atoms with Crippen molar-refractivity contribution in [1.29, 1.82) is 0 Å². The molecule has 1 heterocycles. The quantitative estimate of drug-likeness (QED) is 0.833. The van der Waals surface area contributed by atoms with E-state index >= 15 is 0 Å². The highest BCUT2D eigenvalue weighted by molar-refractivity contribution is 5.93. The number of aromatic hydroxyl groups is 1. The molecule has 5 nitrogen and oxygen atoms in total. The summed E-state index contributed by atoms with van der Waals surface area (Å²) in [5.74, 6) is -0.809. The van der Waals surface area contributed by atoms with Gasteiger partial charge in [-0.3, -0.25) is 14.2 Å². The summed E-state index contributed by atoms with van der Waals surface area (Å²) in [6.45, 7) is 1.60. The third-order valence-corrected chi connectivity index (χ3v) is 3.61. The van der Waals surface area contributed by atoms with Gasteiger partial charge < -0.3 is 10.8 Å². The van der Waals surface area contributed by atoms with Gasteiger partial charge in [0.25, 0.3) is 11.5 Å². The maximum absolute atomic E-state index is 12.3. The Morgan fingerprint density at radius 3 is 2.56 bits per heavy atom. The zero-order valence-corrected chi connectivity index (χ0v) is 10.5. The summed E-state index contributed by atoms with van der Waals surface area (Å²) in [5, 5.41) is 9.94. The minimum atomic E-state index is -0.734. The van der Waals surface area contributed by atoms with Crippen LogP contribution in [-0.2, 0) is 0 Å². The Morgan fingerprint density at radius 2 is 2.00 bits per heavy atom. The number of carbonyl (C=O) groups is 1. The summed E-state index contributed by atoms with van der Waals surface area (Å²) in [7, 11) is 0. The van der Waals surface area contributed by atoms with Crippen LogP contribution in [-0.4, -0.2) is 15.6 Å². The topological polar surface area (TPSA) is 85.3 Å². The van der Waals surface area contributed by atoms with E-state index in [4.69, 9.17) is 5.73 Å². The molecule has 3 N–H and O–H groups in total. The van der Waals surface area contributed by atoms with Crippen LogP contribution in [0.4, 0.5) is 0 Å². The maximum Gasteiger partial charge on any atom is 0.266 e. The number of hydrogen-bond donors (Lipinski definition) is 2. The molecular formula is C13H18N2O3. The normalized spacial score (nSPS) is 16.7. The van der Waals surface area contributed by atoms with Crippen LogP contribution in [0.2, 0.25) is 0 Å². The molecule has 0 radical (unpaired) electrons. The molecular weight excluding hydrogens is 232 g/mol. The van der Waals surface area contributed by atoms with Crippen LogP contribution in [0.3, 0.4) is 0 Å². The number of nitrogens with two attached hydrogens (primary N) is 1. The Labute approximate surface area is 105 Å². The molecule has 1 aromatic heterocycles. The molecule has 0 bridgehead atoms. The minimum Gasteiger partial charge on any atom is -0.494 e.